The molecule has 18 heavy (non-hydrogen) atoms. The van der Waals surface area contributed by atoms with Crippen molar-refractivity contribution in [3.8, 4) is 0 Å². The van der Waals surface area contributed by atoms with Gasteiger partial charge in [0.1, 0.15) is 0 Å². The number of nitrogens with zero attached hydrogens (tertiary/aromatic N) is 1. The second kappa shape index (κ2) is 7.84. The molecule has 6 heteroatoms. The predicted molar refractivity (Wildman–Crippen MR) is 72.6 cm³/mol. The fraction of sp³-hybridized carbons (Fsp3) is 0.500. The van der Waals surface area contributed by atoms with Gasteiger partial charge in [0.05, 0.1) is 11.4 Å². The number of likely N-dealkylation sites (N-methyl/N-ethyl adjacent to an activating group) is 1. The van der Waals surface area contributed by atoms with Gasteiger partial charge in [0, 0.05) is 13.6 Å². The third-order valence-electron chi connectivity index (χ3n) is 2.41. The van der Waals surface area contributed by atoms with E-state index < -0.39 is 0 Å². The topological polar surface area (TPSA) is 75.4 Å². The number of unbranched alkanes of at least 4 members (excludes halogenated alkanes) is 1. The van der Waals surface area contributed by atoms with Gasteiger partial charge in [0.2, 0.25) is 5.91 Å². The highest BCUT2D eigenvalue weighted by Crippen LogP contribution is 2.10. The van der Waals surface area contributed by atoms with Crippen LogP contribution >= 0.6 is 11.3 Å². The van der Waals surface area contributed by atoms with Crippen LogP contribution in [0.4, 0.5) is 0 Å². The first-order chi connectivity index (χ1) is 8.65. The molecule has 1 heterocycles. The molecule has 2 amide bonds. The number of hydrogen-bond acceptors (Lipinski definition) is 4. The maximum absolute atomic E-state index is 11.9. The van der Waals surface area contributed by atoms with E-state index in [2.05, 4.69) is 5.32 Å². The zero-order valence-electron chi connectivity index (χ0n) is 10.5. The molecule has 1 rings (SSSR count). The third-order valence-corrected chi connectivity index (χ3v) is 3.27. The molecule has 0 atom stereocenters. The van der Waals surface area contributed by atoms with Crippen LogP contribution < -0.4 is 11.1 Å². The van der Waals surface area contributed by atoms with Crippen molar-refractivity contribution in [2.24, 2.45) is 5.73 Å². The van der Waals surface area contributed by atoms with E-state index in [1.165, 1.54) is 16.2 Å². The van der Waals surface area contributed by atoms with E-state index in [4.69, 9.17) is 5.73 Å². The summed E-state index contributed by atoms with van der Waals surface area (Å²) in [5.74, 6) is -0.262. The molecular formula is C12H19N3O2S. The van der Waals surface area contributed by atoms with Gasteiger partial charge >= 0.3 is 0 Å². The van der Waals surface area contributed by atoms with E-state index in [1.54, 1.807) is 13.1 Å². The minimum absolute atomic E-state index is 0.0827. The first-order valence-electron chi connectivity index (χ1n) is 5.91. The summed E-state index contributed by atoms with van der Waals surface area (Å²) in [5.41, 5.74) is 5.36. The molecule has 0 aliphatic carbocycles. The Balaban J connectivity index is 2.29. The first-order valence-corrected chi connectivity index (χ1v) is 6.79. The number of hydrogen-bond donors (Lipinski definition) is 2. The quantitative estimate of drug-likeness (QED) is 0.715. The lowest BCUT2D eigenvalue weighted by atomic mass is 10.3. The van der Waals surface area contributed by atoms with Crippen molar-refractivity contribution >= 4 is 23.2 Å². The van der Waals surface area contributed by atoms with Crippen molar-refractivity contribution in [2.75, 3.05) is 26.7 Å². The number of carbonyl (C=O) groups is 2. The Hall–Kier alpha value is -1.40. The smallest absolute Gasteiger partial charge is 0.264 e. The highest BCUT2D eigenvalue weighted by Gasteiger charge is 2.15. The molecule has 0 unspecified atom stereocenters. The van der Waals surface area contributed by atoms with Gasteiger partial charge in [-0.15, -0.1) is 11.3 Å². The molecule has 1 aromatic heterocycles. The Morgan fingerprint density at radius 1 is 1.44 bits per heavy atom. The van der Waals surface area contributed by atoms with Crippen molar-refractivity contribution in [1.29, 1.82) is 0 Å². The van der Waals surface area contributed by atoms with Gasteiger partial charge in [0.15, 0.2) is 0 Å². The fourth-order valence-electron chi connectivity index (χ4n) is 1.43. The molecule has 3 N–H and O–H groups in total. The van der Waals surface area contributed by atoms with Crippen LogP contribution in [-0.2, 0) is 4.79 Å². The molecule has 100 valence electrons. The van der Waals surface area contributed by atoms with Crippen LogP contribution in [0.25, 0.3) is 0 Å². The van der Waals surface area contributed by atoms with Gasteiger partial charge in [-0.25, -0.2) is 0 Å². The largest absolute Gasteiger partial charge is 0.355 e. The van der Waals surface area contributed by atoms with Crippen LogP contribution in [0, 0.1) is 0 Å². The normalized spacial score (nSPS) is 10.1. The second-order valence-corrected chi connectivity index (χ2v) is 4.93. The Bertz CT molecular complexity index is 379. The summed E-state index contributed by atoms with van der Waals surface area (Å²) in [6.45, 7) is 1.32. The SMILES string of the molecule is CN(CC(=O)NCCCCN)C(=O)c1cccs1. The summed E-state index contributed by atoms with van der Waals surface area (Å²) in [6, 6.07) is 3.57. The lowest BCUT2D eigenvalue weighted by molar-refractivity contribution is -0.121. The number of thiophene rings is 1. The molecule has 0 fully saturated rings. The number of nitrogens with one attached hydrogen (secondary N) is 1. The standard InChI is InChI=1S/C12H19N3O2S/c1-15(12(17)10-5-4-8-18-10)9-11(16)14-7-3-2-6-13/h4-5,8H,2-3,6-7,9,13H2,1H3,(H,14,16). The van der Waals surface area contributed by atoms with Crippen molar-refractivity contribution in [3.05, 3.63) is 22.4 Å². The Labute approximate surface area is 111 Å². The van der Waals surface area contributed by atoms with Crippen LogP contribution in [0.2, 0.25) is 0 Å². The minimum atomic E-state index is -0.139. The summed E-state index contributed by atoms with van der Waals surface area (Å²) in [6.07, 6.45) is 1.76. The predicted octanol–water partition coefficient (Wildman–Crippen LogP) is 0.675. The zero-order valence-corrected chi connectivity index (χ0v) is 11.3. The second-order valence-electron chi connectivity index (χ2n) is 3.98. The summed E-state index contributed by atoms with van der Waals surface area (Å²) in [5, 5.41) is 4.60. The third kappa shape index (κ3) is 4.85. The number of nitrogens with two attached hydrogens (primary N) is 1. The molecule has 0 aliphatic rings. The molecule has 0 radical (unpaired) electrons. The van der Waals surface area contributed by atoms with Gasteiger partial charge in [-0.1, -0.05) is 6.07 Å². The van der Waals surface area contributed by atoms with Crippen LogP contribution in [0.5, 0.6) is 0 Å². The van der Waals surface area contributed by atoms with Gasteiger partial charge < -0.3 is 16.0 Å². The van der Waals surface area contributed by atoms with E-state index >= 15 is 0 Å². The minimum Gasteiger partial charge on any atom is -0.355 e. The number of amides is 2. The number of carbonyl (C=O) groups excluding carboxylic acids is 2. The number of rotatable bonds is 7. The molecule has 0 saturated carbocycles. The van der Waals surface area contributed by atoms with E-state index in [1.807, 2.05) is 11.4 Å². The molecule has 5 nitrogen and oxygen atoms in total. The molecule has 0 saturated heterocycles. The van der Waals surface area contributed by atoms with Crippen LogP contribution in [0.15, 0.2) is 17.5 Å². The Kier molecular flexibility index (Phi) is 6.38. The summed E-state index contributed by atoms with van der Waals surface area (Å²) >= 11 is 1.37. The van der Waals surface area contributed by atoms with E-state index in [-0.39, 0.29) is 18.4 Å². The van der Waals surface area contributed by atoms with Crippen molar-refractivity contribution in [2.45, 2.75) is 12.8 Å². The maximum atomic E-state index is 11.9. The lowest BCUT2D eigenvalue weighted by Crippen LogP contribution is -2.38. The van der Waals surface area contributed by atoms with Gasteiger partial charge in [0.25, 0.3) is 5.91 Å². The highest BCUT2D eigenvalue weighted by atomic mass is 32.1. The van der Waals surface area contributed by atoms with Gasteiger partial charge in [-0.05, 0) is 30.8 Å². The Morgan fingerprint density at radius 3 is 2.83 bits per heavy atom. The molecule has 0 spiro atoms. The van der Waals surface area contributed by atoms with Gasteiger partial charge in [-0.3, -0.25) is 9.59 Å². The molecule has 1 aromatic rings. The van der Waals surface area contributed by atoms with Crippen LogP contribution in [0.3, 0.4) is 0 Å². The molecular weight excluding hydrogens is 250 g/mol. The highest BCUT2D eigenvalue weighted by molar-refractivity contribution is 7.12. The monoisotopic (exact) mass is 269 g/mol. The summed E-state index contributed by atoms with van der Waals surface area (Å²) in [4.78, 5) is 25.5. The Morgan fingerprint density at radius 2 is 2.22 bits per heavy atom. The summed E-state index contributed by atoms with van der Waals surface area (Å²) < 4.78 is 0. The average Bonchev–Trinajstić information content (AvgIpc) is 2.87. The molecule has 0 bridgehead atoms. The van der Waals surface area contributed by atoms with E-state index in [9.17, 15) is 9.59 Å². The average molecular weight is 269 g/mol. The van der Waals surface area contributed by atoms with E-state index in [0.29, 0.717) is 18.0 Å². The van der Waals surface area contributed by atoms with Crippen molar-refractivity contribution in [3.63, 3.8) is 0 Å². The summed E-state index contributed by atoms with van der Waals surface area (Å²) in [7, 11) is 1.63. The first kappa shape index (κ1) is 14.7. The maximum Gasteiger partial charge on any atom is 0.264 e. The van der Waals surface area contributed by atoms with Crippen LogP contribution in [0.1, 0.15) is 22.5 Å². The van der Waals surface area contributed by atoms with Crippen molar-refractivity contribution < 1.29 is 9.59 Å². The zero-order chi connectivity index (χ0) is 13.4. The van der Waals surface area contributed by atoms with Crippen LogP contribution in [-0.4, -0.2) is 43.4 Å². The van der Waals surface area contributed by atoms with E-state index in [0.717, 1.165) is 12.8 Å². The fourth-order valence-corrected chi connectivity index (χ4v) is 2.15. The molecule has 0 aromatic carbocycles. The van der Waals surface area contributed by atoms with Gasteiger partial charge in [-0.2, -0.15) is 0 Å². The van der Waals surface area contributed by atoms with Crippen molar-refractivity contribution in [1.82, 2.24) is 10.2 Å². The molecule has 0 aliphatic heterocycles. The lowest BCUT2D eigenvalue weighted by Gasteiger charge is -2.15.